The van der Waals surface area contributed by atoms with Crippen molar-refractivity contribution in [1.29, 1.82) is 5.41 Å². The van der Waals surface area contributed by atoms with E-state index in [0.29, 0.717) is 26.2 Å². The van der Waals surface area contributed by atoms with Crippen LogP contribution in [0.2, 0.25) is 0 Å². The van der Waals surface area contributed by atoms with E-state index >= 15 is 0 Å². The number of piperidine rings is 1. The van der Waals surface area contributed by atoms with Crippen LogP contribution >= 0.6 is 0 Å². The lowest BCUT2D eigenvalue weighted by Gasteiger charge is -2.46. The molecule has 9 heteroatoms. The van der Waals surface area contributed by atoms with Gasteiger partial charge in [0.2, 0.25) is 0 Å². The van der Waals surface area contributed by atoms with Gasteiger partial charge >= 0.3 is 11.9 Å². The lowest BCUT2D eigenvalue weighted by molar-refractivity contribution is -0.146. The van der Waals surface area contributed by atoms with E-state index < -0.39 is 0 Å². The van der Waals surface area contributed by atoms with E-state index in [1.165, 1.54) is 0 Å². The van der Waals surface area contributed by atoms with Crippen LogP contribution in [0, 0.1) is 11.3 Å². The number of nitrogens with zero attached hydrogens (tertiary/aromatic N) is 3. The minimum absolute atomic E-state index is 0.0771. The first kappa shape index (κ1) is 25.0. The predicted molar refractivity (Wildman–Crippen MR) is 127 cm³/mol. The first-order chi connectivity index (χ1) is 15.9. The number of nitrogen functional groups attached to an aromatic ring is 1. The normalized spacial score (nSPS) is 22.1. The Morgan fingerprint density at radius 2 is 1.64 bits per heavy atom. The molecule has 2 unspecified atom stereocenters. The summed E-state index contributed by atoms with van der Waals surface area (Å²) in [5, 5.41) is 7.55. The molecule has 2 saturated heterocycles. The second-order valence-corrected chi connectivity index (χ2v) is 8.65. The van der Waals surface area contributed by atoms with Gasteiger partial charge in [0.05, 0.1) is 26.2 Å². The fraction of sp³-hybridized carbons (Fsp3) is 0.625. The number of nitrogens with two attached hydrogens (primary N) is 1. The molecule has 3 N–H and O–H groups in total. The van der Waals surface area contributed by atoms with Gasteiger partial charge in [-0.3, -0.25) is 24.8 Å². The van der Waals surface area contributed by atoms with Crippen LogP contribution in [-0.4, -0.2) is 92.6 Å². The third-order valence-corrected chi connectivity index (χ3v) is 6.50. The van der Waals surface area contributed by atoms with Gasteiger partial charge in [-0.25, -0.2) is 0 Å². The van der Waals surface area contributed by atoms with Gasteiger partial charge in [0.1, 0.15) is 5.84 Å². The van der Waals surface area contributed by atoms with Crippen LogP contribution in [0.4, 0.5) is 5.69 Å². The van der Waals surface area contributed by atoms with Gasteiger partial charge in [-0.15, -0.1) is 0 Å². The Morgan fingerprint density at radius 1 is 1.00 bits per heavy atom. The molecule has 2 atom stereocenters. The van der Waals surface area contributed by atoms with Crippen molar-refractivity contribution in [3.8, 4) is 0 Å². The van der Waals surface area contributed by atoms with Crippen molar-refractivity contribution >= 4 is 23.5 Å². The van der Waals surface area contributed by atoms with Gasteiger partial charge < -0.3 is 20.1 Å². The van der Waals surface area contributed by atoms with Crippen molar-refractivity contribution in [2.45, 2.75) is 32.7 Å². The zero-order valence-corrected chi connectivity index (χ0v) is 19.8. The van der Waals surface area contributed by atoms with E-state index in [4.69, 9.17) is 20.6 Å². The highest BCUT2D eigenvalue weighted by atomic mass is 16.5. The van der Waals surface area contributed by atoms with E-state index in [2.05, 4.69) is 14.7 Å². The van der Waals surface area contributed by atoms with Crippen LogP contribution in [0.1, 0.15) is 32.3 Å². The highest BCUT2D eigenvalue weighted by molar-refractivity contribution is 5.95. The summed E-state index contributed by atoms with van der Waals surface area (Å²) < 4.78 is 10.3. The molecular formula is C24H37N5O4. The lowest BCUT2D eigenvalue weighted by atomic mass is 9.87. The molecule has 2 heterocycles. The average Bonchev–Trinajstić information content (AvgIpc) is 2.80. The lowest BCUT2D eigenvalue weighted by Crippen LogP contribution is -2.57. The first-order valence-corrected chi connectivity index (χ1v) is 11.9. The van der Waals surface area contributed by atoms with Crippen molar-refractivity contribution in [3.63, 3.8) is 0 Å². The number of nitrogens with one attached hydrogen (secondary N) is 1. The Labute approximate surface area is 196 Å². The third-order valence-electron chi connectivity index (χ3n) is 6.50. The van der Waals surface area contributed by atoms with Crippen LogP contribution < -0.4 is 10.6 Å². The standard InChI is InChI=1S/C24H37N5O4/c1-3-32-22(30)15-19-16-27(17-23(31)33-4-2)10-9-21(19)29-13-11-28(12-14-29)20-7-5-18(6-8-20)24(25)26/h5-8,19,21H,3-4,9-17H2,1-2H3,(H3,25,26). The Balaban J connectivity index is 1.60. The Bertz CT molecular complexity index is 808. The maximum absolute atomic E-state index is 12.3. The molecule has 0 spiro atoms. The van der Waals surface area contributed by atoms with Gasteiger partial charge in [-0.2, -0.15) is 0 Å². The number of carbonyl (C=O) groups excluding carboxylic acids is 2. The minimum atomic E-state index is -0.213. The molecule has 9 nitrogen and oxygen atoms in total. The highest BCUT2D eigenvalue weighted by Gasteiger charge is 2.36. The van der Waals surface area contributed by atoms with Crippen molar-refractivity contribution in [2.75, 3.05) is 63.9 Å². The van der Waals surface area contributed by atoms with Crippen molar-refractivity contribution in [3.05, 3.63) is 29.8 Å². The van der Waals surface area contributed by atoms with E-state index in [-0.39, 0.29) is 36.3 Å². The number of carbonyl (C=O) groups is 2. The minimum Gasteiger partial charge on any atom is -0.466 e. The summed E-state index contributed by atoms with van der Waals surface area (Å²) in [5.74, 6) is -0.188. The van der Waals surface area contributed by atoms with Crippen molar-refractivity contribution < 1.29 is 19.1 Å². The maximum atomic E-state index is 12.3. The largest absolute Gasteiger partial charge is 0.466 e. The molecule has 1 aromatic rings. The predicted octanol–water partition coefficient (Wildman–Crippen LogP) is 1.30. The first-order valence-electron chi connectivity index (χ1n) is 11.9. The van der Waals surface area contributed by atoms with Gasteiger partial charge in [-0.05, 0) is 50.5 Å². The van der Waals surface area contributed by atoms with E-state index in [1.807, 2.05) is 38.1 Å². The monoisotopic (exact) mass is 459 g/mol. The topological polar surface area (TPSA) is 112 Å². The number of rotatable bonds is 9. The van der Waals surface area contributed by atoms with Crippen LogP contribution in [0.3, 0.4) is 0 Å². The second kappa shape index (κ2) is 12.0. The SMILES string of the molecule is CCOC(=O)CC1CN(CC(=O)OCC)CCC1N1CCN(c2ccc(C(=N)N)cc2)CC1. The van der Waals surface area contributed by atoms with E-state index in [9.17, 15) is 9.59 Å². The van der Waals surface area contributed by atoms with Gasteiger partial charge in [-0.1, -0.05) is 0 Å². The number of anilines is 1. The zero-order chi connectivity index (χ0) is 23.8. The smallest absolute Gasteiger partial charge is 0.320 e. The average molecular weight is 460 g/mol. The number of hydrogen-bond donors (Lipinski definition) is 2. The summed E-state index contributed by atoms with van der Waals surface area (Å²) >= 11 is 0. The molecule has 2 aliphatic heterocycles. The number of hydrogen-bond acceptors (Lipinski definition) is 8. The number of amidine groups is 1. The molecule has 0 saturated carbocycles. The number of likely N-dealkylation sites (tertiary alicyclic amines) is 1. The quantitative estimate of drug-likeness (QED) is 0.323. The van der Waals surface area contributed by atoms with Gasteiger partial charge in [0.15, 0.2) is 0 Å². The zero-order valence-electron chi connectivity index (χ0n) is 19.8. The number of benzene rings is 1. The van der Waals surface area contributed by atoms with Gasteiger partial charge in [0.25, 0.3) is 0 Å². The molecule has 1 aromatic carbocycles. The third kappa shape index (κ3) is 6.91. The maximum Gasteiger partial charge on any atom is 0.320 e. The molecule has 182 valence electrons. The number of piperazine rings is 1. The molecule has 2 aliphatic rings. The van der Waals surface area contributed by atoms with Crippen LogP contribution in [-0.2, 0) is 19.1 Å². The Morgan fingerprint density at radius 3 is 2.24 bits per heavy atom. The molecule has 0 aliphatic carbocycles. The molecule has 3 rings (SSSR count). The van der Waals surface area contributed by atoms with E-state index in [1.54, 1.807) is 0 Å². The summed E-state index contributed by atoms with van der Waals surface area (Å²) in [6.45, 7) is 9.79. The summed E-state index contributed by atoms with van der Waals surface area (Å²) in [5.41, 5.74) is 7.42. The molecule has 2 fully saturated rings. The molecule has 0 bridgehead atoms. The Kier molecular flexibility index (Phi) is 9.08. The van der Waals surface area contributed by atoms with E-state index in [0.717, 1.165) is 50.4 Å². The summed E-state index contributed by atoms with van der Waals surface area (Å²) in [6, 6.07) is 8.10. The summed E-state index contributed by atoms with van der Waals surface area (Å²) in [4.78, 5) is 31.2. The fourth-order valence-electron chi connectivity index (χ4n) is 4.91. The molecular weight excluding hydrogens is 422 g/mol. The molecule has 0 amide bonds. The molecule has 33 heavy (non-hydrogen) atoms. The van der Waals surface area contributed by atoms with Crippen LogP contribution in [0.15, 0.2) is 24.3 Å². The number of esters is 2. The summed E-state index contributed by atoms with van der Waals surface area (Å²) in [7, 11) is 0. The fourth-order valence-corrected chi connectivity index (χ4v) is 4.91. The van der Waals surface area contributed by atoms with Gasteiger partial charge in [0, 0.05) is 56.6 Å². The van der Waals surface area contributed by atoms with Crippen LogP contribution in [0.5, 0.6) is 0 Å². The summed E-state index contributed by atoms with van der Waals surface area (Å²) in [6.07, 6.45) is 1.28. The molecule has 0 aromatic heterocycles. The van der Waals surface area contributed by atoms with Crippen molar-refractivity contribution in [1.82, 2.24) is 9.80 Å². The highest BCUT2D eigenvalue weighted by Crippen LogP contribution is 2.28. The number of ether oxygens (including phenoxy) is 2. The Hall–Kier alpha value is -2.65. The van der Waals surface area contributed by atoms with Crippen molar-refractivity contribution in [2.24, 2.45) is 11.7 Å². The molecule has 0 radical (unpaired) electrons. The second-order valence-electron chi connectivity index (χ2n) is 8.65. The van der Waals surface area contributed by atoms with Crippen LogP contribution in [0.25, 0.3) is 0 Å².